The summed E-state index contributed by atoms with van der Waals surface area (Å²) in [5.41, 5.74) is 2.30. The number of thiophene rings is 1. The highest BCUT2D eigenvalue weighted by Gasteiger charge is 2.19. The van der Waals surface area contributed by atoms with E-state index >= 15 is 0 Å². The van der Waals surface area contributed by atoms with Crippen molar-refractivity contribution < 1.29 is 4.79 Å². The van der Waals surface area contributed by atoms with E-state index in [9.17, 15) is 4.79 Å². The largest absolute Gasteiger partial charge is 0.352 e. The van der Waals surface area contributed by atoms with Crippen LogP contribution in [0.25, 0.3) is 11.0 Å². The predicted octanol–water partition coefficient (Wildman–Crippen LogP) is 3.77. The molecule has 1 N–H and O–H groups in total. The van der Waals surface area contributed by atoms with E-state index in [0.29, 0.717) is 18.0 Å². The van der Waals surface area contributed by atoms with Crippen LogP contribution < -0.4 is 5.32 Å². The van der Waals surface area contributed by atoms with Gasteiger partial charge in [0.05, 0.1) is 23.7 Å². The average Bonchev–Trinajstić information content (AvgIpc) is 3.35. The highest BCUT2D eigenvalue weighted by atomic mass is 32.1. The summed E-state index contributed by atoms with van der Waals surface area (Å²) >= 11 is 1.70. The van der Waals surface area contributed by atoms with Gasteiger partial charge in [-0.25, -0.2) is 9.67 Å². The Morgan fingerprint density at radius 2 is 2.24 bits per heavy atom. The first-order valence-electron chi connectivity index (χ1n) is 8.84. The van der Waals surface area contributed by atoms with Crippen molar-refractivity contribution in [2.24, 2.45) is 5.92 Å². The molecule has 3 aromatic heterocycles. The molecule has 0 aliphatic heterocycles. The van der Waals surface area contributed by atoms with Crippen LogP contribution >= 0.6 is 11.3 Å². The van der Waals surface area contributed by atoms with E-state index in [1.807, 2.05) is 23.7 Å². The maximum atomic E-state index is 12.7. The zero-order valence-corrected chi connectivity index (χ0v) is 15.2. The SMILES string of the molecule is Cc1cc(C(=O)NCC2CCCC2)c2cnn(Cc3cccs3)c2n1. The Labute approximate surface area is 151 Å². The first kappa shape index (κ1) is 16.3. The smallest absolute Gasteiger partial charge is 0.252 e. The van der Waals surface area contributed by atoms with Gasteiger partial charge in [0.1, 0.15) is 0 Å². The number of aromatic nitrogens is 3. The van der Waals surface area contributed by atoms with Gasteiger partial charge < -0.3 is 5.32 Å². The Balaban J connectivity index is 1.60. The van der Waals surface area contributed by atoms with Crippen LogP contribution in [0.5, 0.6) is 0 Å². The third kappa shape index (κ3) is 3.44. The molecule has 1 aliphatic rings. The van der Waals surface area contributed by atoms with Gasteiger partial charge in [-0.3, -0.25) is 4.79 Å². The number of hydrogen-bond donors (Lipinski definition) is 1. The van der Waals surface area contributed by atoms with Gasteiger partial charge in [-0.1, -0.05) is 18.9 Å². The van der Waals surface area contributed by atoms with Crippen molar-refractivity contribution >= 4 is 28.3 Å². The van der Waals surface area contributed by atoms with Gasteiger partial charge in [0.2, 0.25) is 0 Å². The lowest BCUT2D eigenvalue weighted by Gasteiger charge is -2.11. The first-order chi connectivity index (χ1) is 12.2. The molecule has 3 aromatic rings. The van der Waals surface area contributed by atoms with E-state index in [-0.39, 0.29) is 5.91 Å². The van der Waals surface area contributed by atoms with E-state index in [4.69, 9.17) is 0 Å². The molecule has 4 rings (SSSR count). The Morgan fingerprint density at radius 3 is 3.00 bits per heavy atom. The van der Waals surface area contributed by atoms with Gasteiger partial charge >= 0.3 is 0 Å². The summed E-state index contributed by atoms with van der Waals surface area (Å²) in [5, 5.41) is 10.5. The van der Waals surface area contributed by atoms with Crippen molar-refractivity contribution in [3.05, 3.63) is 45.9 Å². The highest BCUT2D eigenvalue weighted by molar-refractivity contribution is 7.09. The van der Waals surface area contributed by atoms with E-state index < -0.39 is 0 Å². The first-order valence-corrected chi connectivity index (χ1v) is 9.72. The minimum Gasteiger partial charge on any atom is -0.352 e. The maximum Gasteiger partial charge on any atom is 0.252 e. The summed E-state index contributed by atoms with van der Waals surface area (Å²) < 4.78 is 1.88. The van der Waals surface area contributed by atoms with Crippen LogP contribution in [0, 0.1) is 12.8 Å². The van der Waals surface area contributed by atoms with Gasteiger partial charge in [0.15, 0.2) is 5.65 Å². The van der Waals surface area contributed by atoms with Crippen LogP contribution in [0.2, 0.25) is 0 Å². The second-order valence-corrected chi connectivity index (χ2v) is 7.82. The second-order valence-electron chi connectivity index (χ2n) is 6.79. The topological polar surface area (TPSA) is 59.8 Å². The highest BCUT2D eigenvalue weighted by Crippen LogP contribution is 2.24. The molecule has 0 bridgehead atoms. The van der Waals surface area contributed by atoms with Crippen LogP contribution in [-0.4, -0.2) is 27.2 Å². The second kappa shape index (κ2) is 6.96. The van der Waals surface area contributed by atoms with Crippen LogP contribution in [-0.2, 0) is 6.54 Å². The number of rotatable bonds is 5. The van der Waals surface area contributed by atoms with Crippen LogP contribution in [0.3, 0.4) is 0 Å². The lowest BCUT2D eigenvalue weighted by Crippen LogP contribution is -2.28. The minimum atomic E-state index is -0.0157. The van der Waals surface area contributed by atoms with Gasteiger partial charge in [-0.15, -0.1) is 11.3 Å². The number of carbonyl (C=O) groups is 1. The van der Waals surface area contributed by atoms with E-state index in [0.717, 1.165) is 23.3 Å². The number of aryl methyl sites for hydroxylation is 1. The molecule has 130 valence electrons. The lowest BCUT2D eigenvalue weighted by molar-refractivity contribution is 0.0949. The lowest BCUT2D eigenvalue weighted by atomic mass is 10.1. The van der Waals surface area contributed by atoms with Crippen molar-refractivity contribution in [2.75, 3.05) is 6.54 Å². The van der Waals surface area contributed by atoms with Gasteiger partial charge in [0, 0.05) is 17.1 Å². The fraction of sp³-hybridized carbons (Fsp3) is 0.421. The summed E-state index contributed by atoms with van der Waals surface area (Å²) in [5.74, 6) is 0.613. The molecule has 0 radical (unpaired) electrons. The van der Waals surface area contributed by atoms with Crippen molar-refractivity contribution in [1.29, 1.82) is 0 Å². The number of nitrogens with one attached hydrogen (secondary N) is 1. The van der Waals surface area contributed by atoms with Crippen molar-refractivity contribution in [2.45, 2.75) is 39.2 Å². The third-order valence-corrected chi connectivity index (χ3v) is 5.75. The third-order valence-electron chi connectivity index (χ3n) is 4.89. The average molecular weight is 354 g/mol. The number of nitrogens with zero attached hydrogens (tertiary/aromatic N) is 3. The number of carbonyl (C=O) groups excluding carboxylic acids is 1. The summed E-state index contributed by atoms with van der Waals surface area (Å²) in [6.07, 6.45) is 6.79. The molecule has 3 heterocycles. The maximum absolute atomic E-state index is 12.7. The molecule has 1 aliphatic carbocycles. The molecule has 25 heavy (non-hydrogen) atoms. The zero-order chi connectivity index (χ0) is 17.2. The molecule has 6 heteroatoms. The molecule has 0 unspecified atom stereocenters. The Kier molecular flexibility index (Phi) is 4.53. The van der Waals surface area contributed by atoms with Crippen LogP contribution in [0.15, 0.2) is 29.8 Å². The normalized spacial score (nSPS) is 15.1. The van der Waals surface area contributed by atoms with E-state index in [1.165, 1.54) is 30.6 Å². The number of amides is 1. The number of fused-ring (bicyclic) bond motifs is 1. The number of pyridine rings is 1. The summed E-state index contributed by atoms with van der Waals surface area (Å²) in [6, 6.07) is 5.99. The molecule has 1 saturated carbocycles. The molecule has 1 fully saturated rings. The fourth-order valence-corrected chi connectivity index (χ4v) is 4.26. The predicted molar refractivity (Wildman–Crippen MR) is 100.0 cm³/mol. The molecule has 0 spiro atoms. The summed E-state index contributed by atoms with van der Waals surface area (Å²) in [7, 11) is 0. The fourth-order valence-electron chi connectivity index (χ4n) is 3.57. The number of hydrogen-bond acceptors (Lipinski definition) is 4. The Hall–Kier alpha value is -2.21. The van der Waals surface area contributed by atoms with E-state index in [1.54, 1.807) is 17.5 Å². The Bertz CT molecular complexity index is 878. The van der Waals surface area contributed by atoms with Gasteiger partial charge in [0.25, 0.3) is 5.91 Å². The minimum absolute atomic E-state index is 0.0157. The molecular weight excluding hydrogens is 332 g/mol. The van der Waals surface area contributed by atoms with E-state index in [2.05, 4.69) is 26.8 Å². The molecular formula is C19H22N4OS. The van der Waals surface area contributed by atoms with Crippen molar-refractivity contribution in [3.63, 3.8) is 0 Å². The summed E-state index contributed by atoms with van der Waals surface area (Å²) in [6.45, 7) is 3.38. The van der Waals surface area contributed by atoms with Crippen molar-refractivity contribution in [3.8, 4) is 0 Å². The summed E-state index contributed by atoms with van der Waals surface area (Å²) in [4.78, 5) is 18.6. The quantitative estimate of drug-likeness (QED) is 0.759. The molecule has 0 aromatic carbocycles. The molecule has 0 saturated heterocycles. The van der Waals surface area contributed by atoms with Gasteiger partial charge in [-0.05, 0) is 43.2 Å². The van der Waals surface area contributed by atoms with Crippen LogP contribution in [0.4, 0.5) is 0 Å². The molecule has 0 atom stereocenters. The monoisotopic (exact) mass is 354 g/mol. The molecule has 1 amide bonds. The van der Waals surface area contributed by atoms with Crippen LogP contribution in [0.1, 0.15) is 46.6 Å². The standard InChI is InChI=1S/C19H22N4OS/c1-13-9-16(19(24)20-10-14-5-2-3-6-14)17-11-21-23(18(17)22-13)12-15-7-4-8-25-15/h4,7-9,11,14H,2-3,5-6,10,12H2,1H3,(H,20,24). The zero-order valence-electron chi connectivity index (χ0n) is 14.4. The molecule has 5 nitrogen and oxygen atoms in total. The Morgan fingerprint density at radius 1 is 1.40 bits per heavy atom. The van der Waals surface area contributed by atoms with Crippen molar-refractivity contribution in [1.82, 2.24) is 20.1 Å². The van der Waals surface area contributed by atoms with Gasteiger partial charge in [-0.2, -0.15) is 5.10 Å².